The maximum atomic E-state index is 12.4. The van der Waals surface area contributed by atoms with Gasteiger partial charge in [-0.3, -0.25) is 9.59 Å². The lowest BCUT2D eigenvalue weighted by Crippen LogP contribution is -2.37. The lowest BCUT2D eigenvalue weighted by Gasteiger charge is -2.22. The standard InChI is InChI=1S/C21H28ClN3O2/c22-17-5-6-19(25-9-1-2-10-25)18(13-17)24-21(27)20(26)23-8-7-16-12-14-3-4-15(16)11-14/h5-6,13-16H,1-4,7-12H2,(H,23,26)(H,24,27). The lowest BCUT2D eigenvalue weighted by molar-refractivity contribution is -0.136. The molecule has 2 saturated carbocycles. The number of nitrogens with one attached hydrogen (secondary N) is 2. The molecule has 1 aliphatic heterocycles. The van der Waals surface area contributed by atoms with E-state index in [0.717, 1.165) is 55.8 Å². The number of nitrogens with zero attached hydrogens (tertiary/aromatic N) is 1. The summed E-state index contributed by atoms with van der Waals surface area (Å²) in [5.74, 6) is 1.29. The molecular formula is C21H28ClN3O2. The topological polar surface area (TPSA) is 61.4 Å². The Morgan fingerprint density at radius 2 is 1.93 bits per heavy atom. The van der Waals surface area contributed by atoms with Crippen LogP contribution in [-0.4, -0.2) is 31.4 Å². The quantitative estimate of drug-likeness (QED) is 0.752. The van der Waals surface area contributed by atoms with Crippen molar-refractivity contribution in [3.63, 3.8) is 0 Å². The van der Waals surface area contributed by atoms with Crippen LogP contribution in [-0.2, 0) is 9.59 Å². The summed E-state index contributed by atoms with van der Waals surface area (Å²) in [7, 11) is 0. The summed E-state index contributed by atoms with van der Waals surface area (Å²) < 4.78 is 0. The molecular weight excluding hydrogens is 362 g/mol. The first-order valence-electron chi connectivity index (χ1n) is 10.2. The highest BCUT2D eigenvalue weighted by atomic mass is 35.5. The SMILES string of the molecule is O=C(NCCC1CC2CCC1C2)C(=O)Nc1cc(Cl)ccc1N1CCCC1. The average Bonchev–Trinajstić information content (AvgIpc) is 3.40. The van der Waals surface area contributed by atoms with Crippen molar-refractivity contribution in [3.05, 3.63) is 23.2 Å². The van der Waals surface area contributed by atoms with Crippen molar-refractivity contribution in [2.24, 2.45) is 17.8 Å². The summed E-state index contributed by atoms with van der Waals surface area (Å²) >= 11 is 6.10. The van der Waals surface area contributed by atoms with Gasteiger partial charge in [0, 0.05) is 24.7 Å². The van der Waals surface area contributed by atoms with Crippen molar-refractivity contribution in [1.29, 1.82) is 0 Å². The predicted molar refractivity (Wildman–Crippen MR) is 108 cm³/mol. The summed E-state index contributed by atoms with van der Waals surface area (Å²) in [6.07, 6.45) is 8.66. The van der Waals surface area contributed by atoms with Gasteiger partial charge >= 0.3 is 11.8 Å². The van der Waals surface area contributed by atoms with Gasteiger partial charge in [0.25, 0.3) is 0 Å². The molecule has 2 N–H and O–H groups in total. The third kappa shape index (κ3) is 4.23. The van der Waals surface area contributed by atoms with Crippen LogP contribution in [0.2, 0.25) is 5.02 Å². The van der Waals surface area contributed by atoms with Crippen LogP contribution in [0.25, 0.3) is 0 Å². The molecule has 1 heterocycles. The van der Waals surface area contributed by atoms with Crippen LogP contribution in [0.3, 0.4) is 0 Å². The van der Waals surface area contributed by atoms with E-state index < -0.39 is 11.8 Å². The number of hydrogen-bond acceptors (Lipinski definition) is 3. The summed E-state index contributed by atoms with van der Waals surface area (Å²) in [6.45, 7) is 2.50. The molecule has 146 valence electrons. The number of carbonyl (C=O) groups excluding carboxylic acids is 2. The second-order valence-electron chi connectivity index (χ2n) is 8.29. The number of rotatable bonds is 5. The van der Waals surface area contributed by atoms with Crippen molar-refractivity contribution in [2.45, 2.75) is 44.9 Å². The maximum absolute atomic E-state index is 12.4. The molecule has 1 saturated heterocycles. The van der Waals surface area contributed by atoms with Crippen LogP contribution in [0.15, 0.2) is 18.2 Å². The molecule has 2 bridgehead atoms. The van der Waals surface area contributed by atoms with Gasteiger partial charge in [0.2, 0.25) is 0 Å². The molecule has 4 rings (SSSR count). The van der Waals surface area contributed by atoms with Crippen molar-refractivity contribution >= 4 is 34.8 Å². The second kappa shape index (κ2) is 8.09. The van der Waals surface area contributed by atoms with Crippen LogP contribution >= 0.6 is 11.6 Å². The summed E-state index contributed by atoms with van der Waals surface area (Å²) in [5, 5.41) is 6.10. The zero-order valence-electron chi connectivity index (χ0n) is 15.7. The molecule has 27 heavy (non-hydrogen) atoms. The van der Waals surface area contributed by atoms with Crippen LogP contribution in [0.5, 0.6) is 0 Å². The molecule has 1 aromatic rings. The number of amides is 2. The molecule has 3 fully saturated rings. The summed E-state index contributed by atoms with van der Waals surface area (Å²) in [4.78, 5) is 26.8. The van der Waals surface area contributed by atoms with Gasteiger partial charge in [0.15, 0.2) is 0 Å². The van der Waals surface area contributed by atoms with E-state index in [-0.39, 0.29) is 0 Å². The van der Waals surface area contributed by atoms with E-state index in [0.29, 0.717) is 17.3 Å². The largest absolute Gasteiger partial charge is 0.370 e. The fraction of sp³-hybridized carbons (Fsp3) is 0.619. The second-order valence-corrected chi connectivity index (χ2v) is 8.73. The van der Waals surface area contributed by atoms with Gasteiger partial charge in [-0.15, -0.1) is 0 Å². The van der Waals surface area contributed by atoms with Crippen molar-refractivity contribution < 1.29 is 9.59 Å². The Kier molecular flexibility index (Phi) is 5.58. The molecule has 3 unspecified atom stereocenters. The highest BCUT2D eigenvalue weighted by Crippen LogP contribution is 2.49. The molecule has 0 aromatic heterocycles. The number of benzene rings is 1. The summed E-state index contributed by atoms with van der Waals surface area (Å²) in [5.41, 5.74) is 1.54. The van der Waals surface area contributed by atoms with Gasteiger partial charge < -0.3 is 15.5 Å². The monoisotopic (exact) mass is 389 g/mol. The van der Waals surface area contributed by atoms with Gasteiger partial charge in [-0.25, -0.2) is 0 Å². The summed E-state index contributed by atoms with van der Waals surface area (Å²) in [6, 6.07) is 5.45. The van der Waals surface area contributed by atoms with Gasteiger partial charge in [0.1, 0.15) is 0 Å². The van der Waals surface area contributed by atoms with Gasteiger partial charge in [-0.1, -0.05) is 18.0 Å². The number of halogens is 1. The van der Waals surface area contributed by atoms with E-state index in [1.54, 1.807) is 6.07 Å². The third-order valence-electron chi connectivity index (χ3n) is 6.55. The Morgan fingerprint density at radius 1 is 1.11 bits per heavy atom. The Labute approximate surface area is 165 Å². The highest BCUT2D eigenvalue weighted by Gasteiger charge is 2.38. The minimum Gasteiger partial charge on any atom is -0.370 e. The smallest absolute Gasteiger partial charge is 0.313 e. The van der Waals surface area contributed by atoms with Crippen LogP contribution in [0.1, 0.15) is 44.9 Å². The van der Waals surface area contributed by atoms with Crippen molar-refractivity contribution in [1.82, 2.24) is 5.32 Å². The van der Waals surface area contributed by atoms with Crippen molar-refractivity contribution in [3.8, 4) is 0 Å². The zero-order valence-corrected chi connectivity index (χ0v) is 16.4. The molecule has 5 nitrogen and oxygen atoms in total. The predicted octanol–water partition coefficient (Wildman–Crippen LogP) is 3.82. The minimum absolute atomic E-state index is 0.546. The average molecular weight is 390 g/mol. The molecule has 0 spiro atoms. The Hall–Kier alpha value is -1.75. The van der Waals surface area contributed by atoms with Gasteiger partial charge in [-0.05, 0) is 74.5 Å². The first-order valence-corrected chi connectivity index (χ1v) is 10.6. The van der Waals surface area contributed by atoms with E-state index in [4.69, 9.17) is 11.6 Å². The first kappa shape index (κ1) is 18.6. The number of carbonyl (C=O) groups is 2. The Morgan fingerprint density at radius 3 is 2.63 bits per heavy atom. The van der Waals surface area contributed by atoms with E-state index >= 15 is 0 Å². The zero-order chi connectivity index (χ0) is 18.8. The van der Waals surface area contributed by atoms with Crippen molar-refractivity contribution in [2.75, 3.05) is 29.9 Å². The van der Waals surface area contributed by atoms with Gasteiger partial charge in [0.05, 0.1) is 11.4 Å². The lowest BCUT2D eigenvalue weighted by atomic mass is 9.86. The minimum atomic E-state index is -0.620. The maximum Gasteiger partial charge on any atom is 0.313 e. The molecule has 2 aliphatic carbocycles. The van der Waals surface area contributed by atoms with Crippen LogP contribution in [0.4, 0.5) is 11.4 Å². The van der Waals surface area contributed by atoms with E-state index in [1.165, 1.54) is 25.7 Å². The van der Waals surface area contributed by atoms with E-state index in [1.807, 2.05) is 12.1 Å². The number of anilines is 2. The Bertz CT molecular complexity index is 717. The molecule has 6 heteroatoms. The molecule has 2 amide bonds. The molecule has 0 radical (unpaired) electrons. The fourth-order valence-electron chi connectivity index (χ4n) is 5.20. The number of hydrogen-bond donors (Lipinski definition) is 2. The molecule has 1 aromatic carbocycles. The molecule has 3 aliphatic rings. The third-order valence-corrected chi connectivity index (χ3v) is 6.78. The molecule has 3 atom stereocenters. The van der Waals surface area contributed by atoms with E-state index in [2.05, 4.69) is 15.5 Å². The number of fused-ring (bicyclic) bond motifs is 2. The fourth-order valence-corrected chi connectivity index (χ4v) is 5.37. The van der Waals surface area contributed by atoms with Gasteiger partial charge in [-0.2, -0.15) is 0 Å². The Balaban J connectivity index is 1.30. The highest BCUT2D eigenvalue weighted by molar-refractivity contribution is 6.40. The van der Waals surface area contributed by atoms with Crippen LogP contribution in [0, 0.1) is 17.8 Å². The van der Waals surface area contributed by atoms with E-state index in [9.17, 15) is 9.59 Å². The first-order chi connectivity index (χ1) is 13.1. The normalized spacial score (nSPS) is 26.4. The van der Waals surface area contributed by atoms with Crippen LogP contribution < -0.4 is 15.5 Å².